The topological polar surface area (TPSA) is 94.7 Å². The Hall–Kier alpha value is -3.12. The molecule has 1 saturated carbocycles. The van der Waals surface area contributed by atoms with Gasteiger partial charge in [0, 0.05) is 29.9 Å². The normalized spacial score (nSPS) is 21.0. The summed E-state index contributed by atoms with van der Waals surface area (Å²) in [7, 11) is 7.40. The van der Waals surface area contributed by atoms with E-state index in [2.05, 4.69) is 37.9 Å². The van der Waals surface area contributed by atoms with Gasteiger partial charge in [0.2, 0.25) is 5.95 Å². The Morgan fingerprint density at radius 2 is 1.85 bits per heavy atom. The van der Waals surface area contributed by atoms with E-state index < -0.39 is 11.7 Å². The molecule has 1 aromatic heterocycles. The van der Waals surface area contributed by atoms with Gasteiger partial charge in [-0.25, -0.2) is 4.98 Å². The van der Waals surface area contributed by atoms with Crippen molar-refractivity contribution >= 4 is 23.4 Å². The molecule has 214 valence electrons. The zero-order chi connectivity index (χ0) is 28.2. The zero-order valence-corrected chi connectivity index (χ0v) is 22.9. The SMILES string of the molecule is COc1cc(C(=O)NC2CCN(C)CC2)ccc1Nc1ncc(C(F)(F)F)c(N[C@@H]2CCCC[C@H]2N(C)C)n1. The maximum absolute atomic E-state index is 13.8. The molecule has 0 unspecified atom stereocenters. The number of rotatable bonds is 8. The smallest absolute Gasteiger partial charge is 0.421 e. The van der Waals surface area contributed by atoms with Crippen molar-refractivity contribution in [2.75, 3.05) is 52.0 Å². The molecule has 2 atom stereocenters. The number of anilines is 3. The van der Waals surface area contributed by atoms with E-state index >= 15 is 0 Å². The molecule has 0 bridgehead atoms. The van der Waals surface area contributed by atoms with Gasteiger partial charge < -0.3 is 30.5 Å². The molecule has 1 aromatic carbocycles. The molecule has 2 fully saturated rings. The van der Waals surface area contributed by atoms with Crippen molar-refractivity contribution in [1.82, 2.24) is 25.1 Å². The van der Waals surface area contributed by atoms with Gasteiger partial charge in [0.05, 0.1) is 12.8 Å². The van der Waals surface area contributed by atoms with Crippen LogP contribution in [-0.2, 0) is 6.18 Å². The third-order valence-electron chi connectivity index (χ3n) is 7.57. The third-order valence-corrected chi connectivity index (χ3v) is 7.57. The number of ether oxygens (including phenoxy) is 1. The van der Waals surface area contributed by atoms with E-state index in [1.54, 1.807) is 18.2 Å². The minimum absolute atomic E-state index is 0.00969. The lowest BCUT2D eigenvalue weighted by Gasteiger charge is -2.37. The van der Waals surface area contributed by atoms with Gasteiger partial charge >= 0.3 is 6.18 Å². The minimum Gasteiger partial charge on any atom is -0.495 e. The van der Waals surface area contributed by atoms with Gasteiger partial charge in [-0.2, -0.15) is 18.2 Å². The van der Waals surface area contributed by atoms with Crippen LogP contribution in [-0.4, -0.2) is 85.1 Å². The molecule has 1 aliphatic carbocycles. The Kier molecular flexibility index (Phi) is 9.16. The van der Waals surface area contributed by atoms with E-state index in [0.29, 0.717) is 17.0 Å². The fourth-order valence-electron chi connectivity index (χ4n) is 5.31. The average molecular weight is 550 g/mol. The molecule has 3 N–H and O–H groups in total. The monoisotopic (exact) mass is 549 g/mol. The van der Waals surface area contributed by atoms with Crippen LogP contribution in [0.5, 0.6) is 5.75 Å². The number of amides is 1. The molecular formula is C27H38F3N7O2. The number of halogens is 3. The van der Waals surface area contributed by atoms with Crippen molar-refractivity contribution in [3.05, 3.63) is 35.5 Å². The Balaban J connectivity index is 1.53. The second-order valence-corrected chi connectivity index (χ2v) is 10.6. The summed E-state index contributed by atoms with van der Waals surface area (Å²) in [5, 5.41) is 9.10. The predicted octanol–water partition coefficient (Wildman–Crippen LogP) is 4.36. The highest BCUT2D eigenvalue weighted by atomic mass is 19.4. The summed E-state index contributed by atoms with van der Waals surface area (Å²) < 4.78 is 47.0. The number of likely N-dealkylation sites (tertiary alicyclic amines) is 1. The van der Waals surface area contributed by atoms with Gasteiger partial charge in [-0.15, -0.1) is 0 Å². The second-order valence-electron chi connectivity index (χ2n) is 10.6. The number of carbonyl (C=O) groups excluding carboxylic acids is 1. The summed E-state index contributed by atoms with van der Waals surface area (Å²) >= 11 is 0. The highest BCUT2D eigenvalue weighted by Crippen LogP contribution is 2.36. The molecule has 2 aliphatic rings. The van der Waals surface area contributed by atoms with Gasteiger partial charge in [-0.1, -0.05) is 12.8 Å². The molecular weight excluding hydrogens is 511 g/mol. The van der Waals surface area contributed by atoms with E-state index in [1.807, 2.05) is 19.0 Å². The van der Waals surface area contributed by atoms with Crippen LogP contribution in [0.15, 0.2) is 24.4 Å². The molecule has 4 rings (SSSR count). The van der Waals surface area contributed by atoms with E-state index in [1.165, 1.54) is 7.11 Å². The number of alkyl halides is 3. The fourth-order valence-corrected chi connectivity index (χ4v) is 5.31. The summed E-state index contributed by atoms with van der Waals surface area (Å²) in [6.45, 7) is 1.86. The molecule has 2 heterocycles. The Labute approximate surface area is 227 Å². The highest BCUT2D eigenvalue weighted by Gasteiger charge is 2.37. The number of nitrogens with one attached hydrogen (secondary N) is 3. The number of benzene rings is 1. The number of nitrogens with zero attached hydrogens (tertiary/aromatic N) is 4. The van der Waals surface area contributed by atoms with Crippen LogP contribution in [0.25, 0.3) is 0 Å². The number of hydrogen-bond acceptors (Lipinski definition) is 8. The second kappa shape index (κ2) is 12.4. The largest absolute Gasteiger partial charge is 0.495 e. The summed E-state index contributed by atoms with van der Waals surface area (Å²) in [5.41, 5.74) is -0.0500. The van der Waals surface area contributed by atoms with Gasteiger partial charge in [0.25, 0.3) is 5.91 Å². The number of likely N-dealkylation sites (N-methyl/N-ethyl adjacent to an activating group) is 1. The summed E-state index contributed by atoms with van der Waals surface area (Å²) in [6, 6.07) is 4.91. The lowest BCUT2D eigenvalue weighted by Crippen LogP contribution is -2.45. The molecule has 1 amide bonds. The van der Waals surface area contributed by atoms with Crippen LogP contribution < -0.4 is 20.7 Å². The number of aromatic nitrogens is 2. The Morgan fingerprint density at radius 1 is 1.13 bits per heavy atom. The van der Waals surface area contributed by atoms with Crippen molar-refractivity contribution in [3.8, 4) is 5.75 Å². The molecule has 1 saturated heterocycles. The Morgan fingerprint density at radius 3 is 2.51 bits per heavy atom. The summed E-state index contributed by atoms with van der Waals surface area (Å²) in [5.74, 6) is -0.116. The van der Waals surface area contributed by atoms with Crippen molar-refractivity contribution in [2.24, 2.45) is 0 Å². The number of methoxy groups -OCH3 is 1. The first-order valence-electron chi connectivity index (χ1n) is 13.4. The van der Waals surface area contributed by atoms with E-state index in [9.17, 15) is 18.0 Å². The van der Waals surface area contributed by atoms with Gasteiger partial charge in [-0.05, 0) is 78.1 Å². The third kappa shape index (κ3) is 7.30. The fraction of sp³-hybridized carbons (Fsp3) is 0.593. The van der Waals surface area contributed by atoms with Crippen LogP contribution in [0.3, 0.4) is 0 Å². The van der Waals surface area contributed by atoms with Gasteiger partial charge in [0.1, 0.15) is 17.1 Å². The van der Waals surface area contributed by atoms with Crippen molar-refractivity contribution in [1.29, 1.82) is 0 Å². The molecule has 1 aliphatic heterocycles. The summed E-state index contributed by atoms with van der Waals surface area (Å²) in [6.07, 6.45) is 1.58. The number of hydrogen-bond donors (Lipinski definition) is 3. The zero-order valence-electron chi connectivity index (χ0n) is 22.9. The van der Waals surface area contributed by atoms with Crippen LogP contribution >= 0.6 is 0 Å². The van der Waals surface area contributed by atoms with Gasteiger partial charge in [0.15, 0.2) is 0 Å². The van der Waals surface area contributed by atoms with Crippen molar-refractivity contribution in [3.63, 3.8) is 0 Å². The van der Waals surface area contributed by atoms with Crippen LogP contribution in [0.2, 0.25) is 0 Å². The average Bonchev–Trinajstić information content (AvgIpc) is 2.90. The van der Waals surface area contributed by atoms with Crippen LogP contribution in [0.4, 0.5) is 30.6 Å². The molecule has 9 nitrogen and oxygen atoms in total. The van der Waals surface area contributed by atoms with Gasteiger partial charge in [-0.3, -0.25) is 4.79 Å². The Bertz CT molecular complexity index is 1140. The molecule has 12 heteroatoms. The maximum atomic E-state index is 13.8. The molecule has 39 heavy (non-hydrogen) atoms. The lowest BCUT2D eigenvalue weighted by atomic mass is 9.89. The predicted molar refractivity (Wildman–Crippen MR) is 145 cm³/mol. The van der Waals surface area contributed by atoms with Crippen molar-refractivity contribution in [2.45, 2.75) is 62.8 Å². The first kappa shape index (κ1) is 28.9. The number of carbonyl (C=O) groups is 1. The first-order chi connectivity index (χ1) is 18.5. The maximum Gasteiger partial charge on any atom is 0.421 e. The highest BCUT2D eigenvalue weighted by molar-refractivity contribution is 5.95. The minimum atomic E-state index is -4.61. The van der Waals surface area contributed by atoms with Crippen LogP contribution in [0.1, 0.15) is 54.4 Å². The molecule has 0 spiro atoms. The number of piperidine rings is 1. The van der Waals surface area contributed by atoms with E-state index in [0.717, 1.165) is 57.8 Å². The van der Waals surface area contributed by atoms with E-state index in [4.69, 9.17) is 4.74 Å². The summed E-state index contributed by atoms with van der Waals surface area (Å²) in [4.78, 5) is 25.3. The standard InChI is InChI=1S/C27H38F3N7O2/c1-36(2)22-8-6-5-7-20(22)33-24-19(27(28,29)30)16-31-26(35-24)34-21-10-9-17(15-23(21)39-4)25(38)32-18-11-13-37(3)14-12-18/h9-10,15-16,18,20,22H,5-8,11-14H2,1-4H3,(H,32,38)(H2,31,33,34,35)/t20-,22-/m1/s1. The first-order valence-corrected chi connectivity index (χ1v) is 13.4. The van der Waals surface area contributed by atoms with E-state index in [-0.39, 0.29) is 35.8 Å². The van der Waals surface area contributed by atoms with Crippen molar-refractivity contribution < 1.29 is 22.7 Å². The quantitative estimate of drug-likeness (QED) is 0.447. The molecule has 0 radical (unpaired) electrons. The molecule has 2 aromatic rings. The van der Waals surface area contributed by atoms with Crippen LogP contribution in [0, 0.1) is 0 Å². The lowest BCUT2D eigenvalue weighted by molar-refractivity contribution is -0.137.